The Morgan fingerprint density at radius 1 is 1.21 bits per heavy atom. The van der Waals surface area contributed by atoms with E-state index in [1.165, 1.54) is 4.90 Å². The Balaban J connectivity index is 2.37. The summed E-state index contributed by atoms with van der Waals surface area (Å²) in [5, 5.41) is 11.3. The molecule has 4 atom stereocenters. The largest absolute Gasteiger partial charge is 0.379 e. The fourth-order valence-electron chi connectivity index (χ4n) is 3.30. The van der Waals surface area contributed by atoms with Gasteiger partial charge in [-0.2, -0.15) is 0 Å². The molecule has 1 fully saturated rings. The summed E-state index contributed by atoms with van der Waals surface area (Å²) in [6.45, 7) is 10.2. The number of benzene rings is 1. The van der Waals surface area contributed by atoms with Crippen LogP contribution in [0.5, 0.6) is 0 Å². The average molecular weight is 262 g/mol. The maximum absolute atomic E-state index is 11.3. The fraction of sp³-hybridized carbons (Fsp3) is 0.647. The molecular weight excluding hydrogens is 234 g/mol. The standard InChI is InChI=1S/C17H27NO/c1-13-17(19,14-9-7-6-8-10-14)11-15(12-18(13)5)16(2,3)4/h6-10,13,15,19H,11-12H2,1-5H3/p+1/t13-,15+,17+/m1/s1. The van der Waals surface area contributed by atoms with Gasteiger partial charge in [0.15, 0.2) is 0 Å². The zero-order valence-corrected chi connectivity index (χ0v) is 12.9. The molecule has 1 aromatic carbocycles. The number of likely N-dealkylation sites (N-methyl/N-ethyl adjacent to an activating group) is 1. The van der Waals surface area contributed by atoms with Crippen LogP contribution in [0.4, 0.5) is 0 Å². The van der Waals surface area contributed by atoms with Crippen molar-refractivity contribution in [1.29, 1.82) is 0 Å². The zero-order chi connectivity index (χ0) is 14.3. The molecule has 1 saturated heterocycles. The Morgan fingerprint density at radius 3 is 2.32 bits per heavy atom. The Labute approximate surface area is 117 Å². The van der Waals surface area contributed by atoms with E-state index < -0.39 is 5.60 Å². The van der Waals surface area contributed by atoms with Crippen molar-refractivity contribution in [1.82, 2.24) is 0 Å². The molecular formula is C17H28NO+. The normalized spacial score (nSPS) is 36.2. The van der Waals surface area contributed by atoms with E-state index in [1.54, 1.807) is 0 Å². The summed E-state index contributed by atoms with van der Waals surface area (Å²) < 4.78 is 0. The van der Waals surface area contributed by atoms with E-state index in [9.17, 15) is 5.11 Å². The van der Waals surface area contributed by atoms with Crippen LogP contribution in [0.25, 0.3) is 0 Å². The monoisotopic (exact) mass is 262 g/mol. The molecule has 106 valence electrons. The molecule has 19 heavy (non-hydrogen) atoms. The van der Waals surface area contributed by atoms with Crippen LogP contribution in [-0.4, -0.2) is 24.7 Å². The summed E-state index contributed by atoms with van der Waals surface area (Å²) in [5.41, 5.74) is 0.599. The molecule has 1 heterocycles. The molecule has 0 saturated carbocycles. The number of nitrogens with one attached hydrogen (secondary N) is 1. The number of hydrogen-bond donors (Lipinski definition) is 2. The predicted molar refractivity (Wildman–Crippen MR) is 79.1 cm³/mol. The van der Waals surface area contributed by atoms with Gasteiger partial charge in [-0.1, -0.05) is 51.1 Å². The Morgan fingerprint density at radius 2 is 1.79 bits per heavy atom. The van der Waals surface area contributed by atoms with Crippen molar-refractivity contribution in [2.75, 3.05) is 13.6 Å². The molecule has 1 aromatic rings. The Bertz CT molecular complexity index is 423. The van der Waals surface area contributed by atoms with Crippen LogP contribution >= 0.6 is 0 Å². The molecule has 1 aliphatic heterocycles. The highest BCUT2D eigenvalue weighted by atomic mass is 16.3. The summed E-state index contributed by atoms with van der Waals surface area (Å²) in [6, 6.07) is 10.4. The van der Waals surface area contributed by atoms with E-state index >= 15 is 0 Å². The SMILES string of the molecule is C[C@H]1[NH+](C)C[C@@H](C(C)(C)C)C[C@@]1(O)c1ccccc1. The molecule has 2 N–H and O–H groups in total. The lowest BCUT2D eigenvalue weighted by molar-refractivity contribution is -0.924. The van der Waals surface area contributed by atoms with Crippen LogP contribution in [0.2, 0.25) is 0 Å². The average Bonchev–Trinajstić information content (AvgIpc) is 2.35. The minimum atomic E-state index is -0.707. The fourth-order valence-corrected chi connectivity index (χ4v) is 3.30. The molecule has 2 nitrogen and oxygen atoms in total. The highest BCUT2D eigenvalue weighted by molar-refractivity contribution is 5.24. The van der Waals surface area contributed by atoms with E-state index in [0.717, 1.165) is 18.5 Å². The highest BCUT2D eigenvalue weighted by Gasteiger charge is 2.49. The molecule has 0 spiro atoms. The van der Waals surface area contributed by atoms with Crippen LogP contribution in [0.15, 0.2) is 30.3 Å². The van der Waals surface area contributed by atoms with Gasteiger partial charge in [-0.25, -0.2) is 0 Å². The molecule has 0 aromatic heterocycles. The summed E-state index contributed by atoms with van der Waals surface area (Å²) >= 11 is 0. The molecule has 0 radical (unpaired) electrons. The van der Waals surface area contributed by atoms with Gasteiger partial charge in [-0.3, -0.25) is 0 Å². The lowest BCUT2D eigenvalue weighted by Gasteiger charge is -2.48. The van der Waals surface area contributed by atoms with E-state index in [0.29, 0.717) is 5.92 Å². The first-order chi connectivity index (χ1) is 8.75. The third-order valence-electron chi connectivity index (χ3n) is 5.08. The quantitative estimate of drug-likeness (QED) is 0.793. The first kappa shape index (κ1) is 14.5. The van der Waals surface area contributed by atoms with E-state index in [-0.39, 0.29) is 11.5 Å². The second-order valence-electron chi connectivity index (χ2n) is 7.33. The number of aliphatic hydroxyl groups is 1. The van der Waals surface area contributed by atoms with Gasteiger partial charge in [-0.05, 0) is 24.3 Å². The maximum Gasteiger partial charge on any atom is 0.141 e. The van der Waals surface area contributed by atoms with E-state index in [4.69, 9.17) is 0 Å². The summed E-state index contributed by atoms with van der Waals surface area (Å²) in [5.74, 6) is 0.536. The summed E-state index contributed by atoms with van der Waals surface area (Å²) in [4.78, 5) is 1.43. The van der Waals surface area contributed by atoms with Gasteiger partial charge in [0.1, 0.15) is 11.6 Å². The minimum absolute atomic E-state index is 0.230. The van der Waals surface area contributed by atoms with Gasteiger partial charge in [0.05, 0.1) is 13.6 Å². The van der Waals surface area contributed by atoms with Crippen molar-refractivity contribution in [3.63, 3.8) is 0 Å². The minimum Gasteiger partial charge on any atom is -0.379 e. The van der Waals surface area contributed by atoms with E-state index in [1.807, 2.05) is 18.2 Å². The highest BCUT2D eigenvalue weighted by Crippen LogP contribution is 2.40. The zero-order valence-electron chi connectivity index (χ0n) is 12.9. The molecule has 0 amide bonds. The molecule has 2 heteroatoms. The van der Waals surface area contributed by atoms with Crippen molar-refractivity contribution in [2.24, 2.45) is 11.3 Å². The summed E-state index contributed by atoms with van der Waals surface area (Å²) in [6.07, 6.45) is 0.860. The van der Waals surface area contributed by atoms with Crippen molar-refractivity contribution in [3.05, 3.63) is 35.9 Å². The van der Waals surface area contributed by atoms with Gasteiger partial charge in [0, 0.05) is 5.92 Å². The van der Waals surface area contributed by atoms with Crippen LogP contribution in [0.3, 0.4) is 0 Å². The van der Waals surface area contributed by atoms with Gasteiger partial charge >= 0.3 is 0 Å². The topological polar surface area (TPSA) is 24.7 Å². The molecule has 0 aliphatic carbocycles. The van der Waals surface area contributed by atoms with Gasteiger partial charge < -0.3 is 10.0 Å². The smallest absolute Gasteiger partial charge is 0.141 e. The van der Waals surface area contributed by atoms with Crippen molar-refractivity contribution in [2.45, 2.75) is 45.8 Å². The van der Waals surface area contributed by atoms with Crippen molar-refractivity contribution >= 4 is 0 Å². The molecule has 1 aliphatic rings. The second-order valence-corrected chi connectivity index (χ2v) is 7.33. The summed E-state index contributed by atoms with van der Waals surface area (Å²) in [7, 11) is 2.20. The first-order valence-electron chi connectivity index (χ1n) is 7.35. The third-order valence-corrected chi connectivity index (χ3v) is 5.08. The van der Waals surface area contributed by atoms with Gasteiger partial charge in [0.2, 0.25) is 0 Å². The second kappa shape index (κ2) is 4.92. The van der Waals surface area contributed by atoms with Gasteiger partial charge in [-0.15, -0.1) is 0 Å². The first-order valence-corrected chi connectivity index (χ1v) is 7.35. The van der Waals surface area contributed by atoms with Gasteiger partial charge in [0.25, 0.3) is 0 Å². The number of quaternary nitrogens is 1. The molecule has 0 bridgehead atoms. The number of rotatable bonds is 1. The molecule has 2 rings (SSSR count). The van der Waals surface area contributed by atoms with Crippen molar-refractivity contribution < 1.29 is 10.0 Å². The number of hydrogen-bond acceptors (Lipinski definition) is 1. The van der Waals surface area contributed by atoms with Crippen LogP contribution in [0.1, 0.15) is 39.7 Å². The Kier molecular flexibility index (Phi) is 3.76. The van der Waals surface area contributed by atoms with Crippen LogP contribution < -0.4 is 4.90 Å². The predicted octanol–water partition coefficient (Wildman–Crippen LogP) is 1.84. The van der Waals surface area contributed by atoms with Crippen LogP contribution in [0, 0.1) is 11.3 Å². The maximum atomic E-state index is 11.3. The van der Waals surface area contributed by atoms with Crippen LogP contribution in [-0.2, 0) is 5.60 Å². The lowest BCUT2D eigenvalue weighted by Crippen LogP contribution is -3.16. The molecule has 1 unspecified atom stereocenters. The van der Waals surface area contributed by atoms with E-state index in [2.05, 4.69) is 46.9 Å². The number of piperidine rings is 1. The van der Waals surface area contributed by atoms with Crippen molar-refractivity contribution in [3.8, 4) is 0 Å². The number of likely N-dealkylation sites (tertiary alicyclic amines) is 1. The third kappa shape index (κ3) is 2.70. The Hall–Kier alpha value is -0.860. The lowest BCUT2D eigenvalue weighted by atomic mass is 9.67.